The third kappa shape index (κ3) is 3.41. The lowest BCUT2D eigenvalue weighted by Gasteiger charge is -2.13. The summed E-state index contributed by atoms with van der Waals surface area (Å²) < 4.78 is 4.88. The molecular weight excluding hydrogens is 339 g/mol. The molecule has 1 aliphatic heterocycles. The maximum absolute atomic E-state index is 12.2. The van der Waals surface area contributed by atoms with Gasteiger partial charge in [0, 0.05) is 16.9 Å². The molecule has 0 aromatic heterocycles. The average Bonchev–Trinajstić information content (AvgIpc) is 2.97. The van der Waals surface area contributed by atoms with Crippen LogP contribution in [0.4, 0.5) is 16.2 Å². The first-order chi connectivity index (χ1) is 11.0. The number of ether oxygens (including phenoxy) is 1. The number of nitrogens with zero attached hydrogens (tertiary/aromatic N) is 1. The minimum atomic E-state index is -0.377. The Labute approximate surface area is 142 Å². The first-order valence-corrected chi connectivity index (χ1v) is 7.61. The number of carbonyl (C=O) groups excluding carboxylic acids is 2. The molecule has 23 heavy (non-hydrogen) atoms. The van der Waals surface area contributed by atoms with E-state index in [0.717, 1.165) is 0 Å². The van der Waals surface area contributed by atoms with Crippen LogP contribution in [0.2, 0.25) is 10.0 Å². The molecule has 7 heteroatoms. The monoisotopic (exact) mass is 350 g/mol. The van der Waals surface area contributed by atoms with E-state index in [4.69, 9.17) is 27.9 Å². The van der Waals surface area contributed by atoms with Gasteiger partial charge in [0.15, 0.2) is 0 Å². The number of benzene rings is 2. The van der Waals surface area contributed by atoms with Crippen LogP contribution in [0.5, 0.6) is 0 Å². The summed E-state index contributed by atoms with van der Waals surface area (Å²) in [7, 11) is 0. The molecule has 1 fully saturated rings. The number of hydrogen-bond acceptors (Lipinski definition) is 3. The number of cyclic esters (lactones) is 1. The number of anilines is 2. The average molecular weight is 351 g/mol. The molecule has 118 valence electrons. The van der Waals surface area contributed by atoms with E-state index in [2.05, 4.69) is 5.32 Å². The molecule has 3 rings (SSSR count). The van der Waals surface area contributed by atoms with Gasteiger partial charge in [0.05, 0.1) is 16.6 Å². The van der Waals surface area contributed by atoms with Crippen molar-refractivity contribution in [1.82, 2.24) is 0 Å². The summed E-state index contributed by atoms with van der Waals surface area (Å²) in [6, 6.07) is 11.6. The van der Waals surface area contributed by atoms with Crippen LogP contribution in [0.1, 0.15) is 10.4 Å². The van der Waals surface area contributed by atoms with Crippen molar-refractivity contribution < 1.29 is 14.3 Å². The second-order valence-corrected chi connectivity index (χ2v) is 5.71. The first-order valence-electron chi connectivity index (χ1n) is 6.85. The second-order valence-electron chi connectivity index (χ2n) is 4.90. The van der Waals surface area contributed by atoms with Gasteiger partial charge in [-0.1, -0.05) is 23.2 Å². The summed E-state index contributed by atoms with van der Waals surface area (Å²) in [6.45, 7) is 0.881. The van der Waals surface area contributed by atoms with Crippen LogP contribution in [-0.2, 0) is 4.74 Å². The fraction of sp³-hybridized carbons (Fsp3) is 0.125. The van der Waals surface area contributed by atoms with E-state index >= 15 is 0 Å². The zero-order valence-corrected chi connectivity index (χ0v) is 13.4. The number of halogens is 2. The lowest BCUT2D eigenvalue weighted by Crippen LogP contribution is -2.23. The molecule has 2 amide bonds. The predicted octanol–water partition coefficient (Wildman–Crippen LogP) is 4.20. The summed E-state index contributed by atoms with van der Waals surface area (Å²) in [5, 5.41) is 3.53. The molecule has 0 saturated carbocycles. The molecule has 0 atom stereocenters. The summed E-state index contributed by atoms with van der Waals surface area (Å²) in [5.74, 6) is -0.279. The number of rotatable bonds is 3. The van der Waals surface area contributed by atoms with Gasteiger partial charge < -0.3 is 10.1 Å². The van der Waals surface area contributed by atoms with Gasteiger partial charge in [-0.05, 0) is 42.5 Å². The number of hydrogen-bond donors (Lipinski definition) is 1. The van der Waals surface area contributed by atoms with Crippen molar-refractivity contribution >= 4 is 46.6 Å². The third-order valence-corrected chi connectivity index (χ3v) is 4.12. The van der Waals surface area contributed by atoms with Gasteiger partial charge in [0.2, 0.25) is 0 Å². The molecule has 1 heterocycles. The molecule has 5 nitrogen and oxygen atoms in total. The van der Waals surface area contributed by atoms with Crippen molar-refractivity contribution in [1.29, 1.82) is 0 Å². The highest BCUT2D eigenvalue weighted by molar-refractivity contribution is 6.42. The lowest BCUT2D eigenvalue weighted by atomic mass is 10.1. The standard InChI is InChI=1S/C16H12Cl2N2O3/c17-13-6-3-11(9-14(13)18)19-15(21)10-1-4-12(5-2-10)20-7-8-23-16(20)22/h1-6,9H,7-8H2,(H,19,21). The molecule has 0 radical (unpaired) electrons. The quantitative estimate of drug-likeness (QED) is 0.902. The number of amides is 2. The number of nitrogens with one attached hydrogen (secondary N) is 1. The highest BCUT2D eigenvalue weighted by atomic mass is 35.5. The Kier molecular flexibility index (Phi) is 4.41. The zero-order valence-electron chi connectivity index (χ0n) is 11.9. The van der Waals surface area contributed by atoms with Gasteiger partial charge in [-0.3, -0.25) is 9.69 Å². The fourth-order valence-corrected chi connectivity index (χ4v) is 2.50. The van der Waals surface area contributed by atoms with E-state index in [1.54, 1.807) is 42.5 Å². The smallest absolute Gasteiger partial charge is 0.414 e. The van der Waals surface area contributed by atoms with Gasteiger partial charge in [-0.15, -0.1) is 0 Å². The van der Waals surface area contributed by atoms with Gasteiger partial charge >= 0.3 is 6.09 Å². The van der Waals surface area contributed by atoms with Crippen molar-refractivity contribution in [3.8, 4) is 0 Å². The van der Waals surface area contributed by atoms with Crippen LogP contribution in [-0.4, -0.2) is 25.2 Å². The van der Waals surface area contributed by atoms with Crippen LogP contribution in [0, 0.1) is 0 Å². The summed E-state index contributed by atoms with van der Waals surface area (Å²) in [5.41, 5.74) is 1.71. The zero-order chi connectivity index (χ0) is 16.4. The molecule has 1 N–H and O–H groups in total. The Bertz CT molecular complexity index is 762. The van der Waals surface area contributed by atoms with Crippen LogP contribution in [0.3, 0.4) is 0 Å². The molecule has 0 bridgehead atoms. The van der Waals surface area contributed by atoms with Crippen LogP contribution in [0.25, 0.3) is 0 Å². The third-order valence-electron chi connectivity index (χ3n) is 3.38. The Morgan fingerprint density at radius 3 is 2.43 bits per heavy atom. The van der Waals surface area contributed by atoms with E-state index in [1.165, 1.54) is 4.90 Å². The van der Waals surface area contributed by atoms with Crippen LogP contribution >= 0.6 is 23.2 Å². The lowest BCUT2D eigenvalue weighted by molar-refractivity contribution is 0.102. The van der Waals surface area contributed by atoms with Gasteiger partial charge in [-0.2, -0.15) is 0 Å². The van der Waals surface area contributed by atoms with Crippen LogP contribution in [0.15, 0.2) is 42.5 Å². The molecule has 0 aliphatic carbocycles. The Hall–Kier alpha value is -2.24. The molecule has 0 spiro atoms. The van der Waals surface area contributed by atoms with E-state index < -0.39 is 0 Å². The largest absolute Gasteiger partial charge is 0.447 e. The van der Waals surface area contributed by atoms with E-state index in [9.17, 15) is 9.59 Å². The summed E-state index contributed by atoms with van der Waals surface area (Å²) in [4.78, 5) is 25.2. The van der Waals surface area contributed by atoms with Gasteiger partial charge in [0.25, 0.3) is 5.91 Å². The van der Waals surface area contributed by atoms with Gasteiger partial charge in [-0.25, -0.2) is 4.79 Å². The first kappa shape index (κ1) is 15.6. The fourth-order valence-electron chi connectivity index (χ4n) is 2.20. The molecule has 1 saturated heterocycles. The Morgan fingerprint density at radius 2 is 1.83 bits per heavy atom. The molecule has 0 unspecified atom stereocenters. The minimum absolute atomic E-state index is 0.279. The molecule has 2 aromatic rings. The topological polar surface area (TPSA) is 58.6 Å². The van der Waals surface area contributed by atoms with E-state index in [-0.39, 0.29) is 12.0 Å². The maximum Gasteiger partial charge on any atom is 0.414 e. The summed E-state index contributed by atoms with van der Waals surface area (Å²) in [6.07, 6.45) is -0.377. The van der Waals surface area contributed by atoms with Gasteiger partial charge in [0.1, 0.15) is 6.61 Å². The van der Waals surface area contributed by atoms with E-state index in [0.29, 0.717) is 40.1 Å². The maximum atomic E-state index is 12.2. The predicted molar refractivity (Wildman–Crippen MR) is 89.6 cm³/mol. The summed E-state index contributed by atoms with van der Waals surface area (Å²) >= 11 is 11.8. The second kappa shape index (κ2) is 6.48. The van der Waals surface area contributed by atoms with Crippen molar-refractivity contribution in [2.24, 2.45) is 0 Å². The highest BCUT2D eigenvalue weighted by Crippen LogP contribution is 2.25. The molecule has 2 aromatic carbocycles. The van der Waals surface area contributed by atoms with Crippen molar-refractivity contribution in [3.63, 3.8) is 0 Å². The SMILES string of the molecule is O=C(Nc1ccc(Cl)c(Cl)c1)c1ccc(N2CCOC2=O)cc1. The van der Waals surface area contributed by atoms with Crippen LogP contribution < -0.4 is 10.2 Å². The minimum Gasteiger partial charge on any atom is -0.447 e. The Balaban J connectivity index is 1.72. The normalized spacial score (nSPS) is 13.8. The molecule has 1 aliphatic rings. The number of carbonyl (C=O) groups is 2. The molecular formula is C16H12Cl2N2O3. The van der Waals surface area contributed by atoms with Crippen molar-refractivity contribution in [3.05, 3.63) is 58.1 Å². The van der Waals surface area contributed by atoms with E-state index in [1.807, 2.05) is 0 Å². The Morgan fingerprint density at radius 1 is 1.09 bits per heavy atom. The van der Waals surface area contributed by atoms with Crippen molar-refractivity contribution in [2.75, 3.05) is 23.4 Å². The van der Waals surface area contributed by atoms with Crippen molar-refractivity contribution in [2.45, 2.75) is 0 Å². The highest BCUT2D eigenvalue weighted by Gasteiger charge is 2.23.